The Labute approximate surface area is 333 Å². The normalized spacial score (nSPS) is 10.3. The molecule has 18 heteroatoms. The molecule has 267 valence electrons. The molecule has 4 aromatic carbocycles. The number of primary sulfonamides is 2. The number of nitrogens with zero attached hydrogens (tertiary/aromatic N) is 1. The number of nitrogens with one attached hydrogen (secondary N) is 1. The number of carbonyl (C=O) groups is 1. The van der Waals surface area contributed by atoms with Gasteiger partial charge in [0.15, 0.2) is 0 Å². The predicted molar refractivity (Wildman–Crippen MR) is 195 cm³/mol. The van der Waals surface area contributed by atoms with E-state index in [9.17, 15) is 26.7 Å². The van der Waals surface area contributed by atoms with E-state index < -0.39 is 20.0 Å². The molecule has 12 nitrogen and oxygen atoms in total. The Kier molecular flexibility index (Phi) is 25.9. The number of aldehydes is 1. The van der Waals surface area contributed by atoms with Gasteiger partial charge in [-0.3, -0.25) is 4.79 Å². The first-order chi connectivity index (χ1) is 23.2. The average molecular weight is 786 g/mol. The van der Waals surface area contributed by atoms with Gasteiger partial charge in [0.2, 0.25) is 20.0 Å². The molecule has 9 N–H and O–H groups in total. The second-order valence-electron chi connectivity index (χ2n) is 10.0. The minimum atomic E-state index is -3.64. The van der Waals surface area contributed by atoms with Gasteiger partial charge in [-0.15, -0.1) is 0 Å². The molecule has 0 bridgehead atoms. The zero-order chi connectivity index (χ0) is 37.0. The van der Waals surface area contributed by atoms with E-state index in [1.165, 1.54) is 30.3 Å². The van der Waals surface area contributed by atoms with Gasteiger partial charge >= 0.3 is 29.6 Å². The third kappa shape index (κ3) is 19.1. The molecule has 3 radical (unpaired) electrons. The molecule has 0 aliphatic heterocycles. The fraction of sp³-hybridized carbons (Fsp3) is 0.212. The zero-order valence-electron chi connectivity index (χ0n) is 27.9. The Balaban J connectivity index is 0. The minimum absolute atomic E-state index is 0. The van der Waals surface area contributed by atoms with Crippen LogP contribution in [0.5, 0.6) is 0 Å². The van der Waals surface area contributed by atoms with Gasteiger partial charge in [0, 0.05) is 30.6 Å². The Bertz CT molecular complexity index is 1870. The molecule has 0 aliphatic carbocycles. The standard InChI is InChI=1S/C16H19ClN2O3S.C8H7ClO2.C8H12N2O2S.CN.B.Na/c17-15-4-3-13(11-20)14(9-15)10-19-8-7-12-1-5-16(6-2-12)23(18,21)22;9-8-2-1-6(4-10)7(3-8)5-11;9-6-5-7-1-3-8(4-2-7)13(10,11)12;1-2;;/h1-6,9,19-20H,7-8,10-11H2,(H2,18,21,22);1-3,5,10H,4H2;1-4H,5-6,9H2,(H2,10,11,12);;;/q;;;-1;;+1. The number of benzene rings is 4. The van der Waals surface area contributed by atoms with Gasteiger partial charge in [0.1, 0.15) is 6.29 Å². The minimum Gasteiger partial charge on any atom is -0.512 e. The first-order valence-corrected chi connectivity index (χ1v) is 18.2. The maximum absolute atomic E-state index is 11.2. The number of aliphatic hydroxyl groups excluding tert-OH is 2. The Morgan fingerprint density at radius 3 is 1.55 bits per heavy atom. The zero-order valence-corrected chi connectivity index (χ0v) is 33.0. The van der Waals surface area contributed by atoms with E-state index in [0.717, 1.165) is 35.1 Å². The molecule has 4 rings (SSSR count). The van der Waals surface area contributed by atoms with Crippen LogP contribution in [0.2, 0.25) is 10.0 Å². The first-order valence-electron chi connectivity index (χ1n) is 14.3. The van der Waals surface area contributed by atoms with Gasteiger partial charge in [-0.1, -0.05) is 59.6 Å². The molecular weight excluding hydrogens is 747 g/mol. The van der Waals surface area contributed by atoms with Gasteiger partial charge in [-0.2, -0.15) is 0 Å². The molecule has 0 unspecified atom stereocenters. The van der Waals surface area contributed by atoms with Crippen LogP contribution in [-0.2, 0) is 52.6 Å². The smallest absolute Gasteiger partial charge is 0.512 e. The van der Waals surface area contributed by atoms with E-state index in [4.69, 9.17) is 56.2 Å². The van der Waals surface area contributed by atoms with Gasteiger partial charge in [0.25, 0.3) is 0 Å². The fourth-order valence-corrected chi connectivity index (χ4v) is 5.45. The molecule has 0 saturated carbocycles. The fourth-order valence-electron chi connectivity index (χ4n) is 4.05. The van der Waals surface area contributed by atoms with Crippen LogP contribution in [0.3, 0.4) is 0 Å². The molecule has 0 saturated heterocycles. The largest absolute Gasteiger partial charge is 1.00 e. The second kappa shape index (κ2) is 26.2. The van der Waals surface area contributed by atoms with E-state index in [1.807, 2.05) is 12.1 Å². The molecule has 0 amide bonds. The molecule has 0 spiro atoms. The molecular formula is C33H38BCl2N5NaO7S2. The van der Waals surface area contributed by atoms with Crippen LogP contribution in [0.1, 0.15) is 38.2 Å². The molecule has 0 aliphatic rings. The van der Waals surface area contributed by atoms with Crippen LogP contribution >= 0.6 is 23.2 Å². The topological polar surface area (TPSA) is 240 Å². The summed E-state index contributed by atoms with van der Waals surface area (Å²) in [6, 6.07) is 23.1. The maximum atomic E-state index is 11.2. The molecule has 51 heavy (non-hydrogen) atoms. The van der Waals surface area contributed by atoms with Crippen molar-refractivity contribution in [3.63, 3.8) is 0 Å². The molecule has 0 atom stereocenters. The van der Waals surface area contributed by atoms with Crippen molar-refractivity contribution in [3.8, 4) is 0 Å². The number of rotatable bonds is 12. The summed E-state index contributed by atoms with van der Waals surface area (Å²) in [6.45, 7) is 6.46. The van der Waals surface area contributed by atoms with Crippen molar-refractivity contribution in [2.45, 2.75) is 42.4 Å². The monoisotopic (exact) mass is 784 g/mol. The first kappa shape index (κ1) is 50.5. The van der Waals surface area contributed by atoms with Crippen LogP contribution in [0, 0.1) is 11.8 Å². The van der Waals surface area contributed by atoms with Crippen LogP contribution in [0.25, 0.3) is 0 Å². The third-order valence-corrected chi connectivity index (χ3v) is 8.92. The summed E-state index contributed by atoms with van der Waals surface area (Å²) < 4.78 is 44.1. The van der Waals surface area contributed by atoms with Gasteiger partial charge in [0.05, 0.1) is 23.0 Å². The van der Waals surface area contributed by atoms with E-state index >= 15 is 0 Å². The van der Waals surface area contributed by atoms with Crippen LogP contribution in [0.15, 0.2) is 94.7 Å². The number of carbonyl (C=O) groups excluding carboxylic acids is 1. The van der Waals surface area contributed by atoms with Gasteiger partial charge in [-0.05, 0) is 102 Å². The quantitative estimate of drug-likeness (QED) is 0.0487. The summed E-state index contributed by atoms with van der Waals surface area (Å²) >= 11 is 11.6. The summed E-state index contributed by atoms with van der Waals surface area (Å²) in [5.74, 6) is 0. The van der Waals surface area contributed by atoms with E-state index in [2.05, 4.69) is 5.32 Å². The number of aliphatic hydroxyl groups is 2. The molecule has 0 aromatic heterocycles. The average Bonchev–Trinajstić information content (AvgIpc) is 3.08. The van der Waals surface area contributed by atoms with Crippen molar-refractivity contribution in [2.75, 3.05) is 13.1 Å². The Hall–Kier alpha value is -2.66. The van der Waals surface area contributed by atoms with Crippen molar-refractivity contribution in [1.82, 2.24) is 5.32 Å². The van der Waals surface area contributed by atoms with Crippen molar-refractivity contribution in [3.05, 3.63) is 135 Å². The van der Waals surface area contributed by atoms with Crippen molar-refractivity contribution < 1.29 is 61.4 Å². The van der Waals surface area contributed by atoms with E-state index in [0.29, 0.717) is 47.1 Å². The predicted octanol–water partition coefficient (Wildman–Crippen LogP) is 0.0116. The van der Waals surface area contributed by atoms with Crippen molar-refractivity contribution >= 4 is 57.9 Å². The van der Waals surface area contributed by atoms with Crippen LogP contribution in [-0.4, -0.2) is 54.8 Å². The number of halogens is 2. The number of sulfonamides is 2. The van der Waals surface area contributed by atoms with Crippen LogP contribution in [0.4, 0.5) is 0 Å². The summed E-state index contributed by atoms with van der Waals surface area (Å²) in [4.78, 5) is 10.6. The summed E-state index contributed by atoms with van der Waals surface area (Å²) in [5.41, 5.74) is 10.2. The van der Waals surface area contributed by atoms with E-state index in [-0.39, 0.29) is 61.0 Å². The van der Waals surface area contributed by atoms with Gasteiger partial charge in [-0.25, -0.2) is 27.1 Å². The maximum Gasteiger partial charge on any atom is 1.00 e. The van der Waals surface area contributed by atoms with Crippen molar-refractivity contribution in [2.24, 2.45) is 16.0 Å². The number of hydrogen-bond acceptors (Lipinski definition) is 10. The SMILES string of the molecule is NCCc1ccc(S(N)(=O)=O)cc1.NS(=O)(=O)c1ccc(CCNCc2cc(Cl)ccc2CO)cc1.O=Cc1cc(Cl)ccc1CO.[B].[C-]#N.[Na+]. The second-order valence-corrected chi connectivity index (χ2v) is 14.0. The van der Waals surface area contributed by atoms with Gasteiger partial charge < -0.3 is 33.1 Å². The Morgan fingerprint density at radius 1 is 0.706 bits per heavy atom. The Morgan fingerprint density at radius 2 is 1.14 bits per heavy atom. The molecule has 0 heterocycles. The number of hydrogen-bond donors (Lipinski definition) is 6. The third-order valence-electron chi connectivity index (χ3n) is 6.59. The van der Waals surface area contributed by atoms with E-state index in [1.54, 1.807) is 42.5 Å². The summed E-state index contributed by atoms with van der Waals surface area (Å²) in [7, 11) is -7.21. The van der Waals surface area contributed by atoms with Crippen molar-refractivity contribution in [1.29, 1.82) is 5.26 Å². The summed E-state index contributed by atoms with van der Waals surface area (Å²) in [6.07, 6.45) is 2.17. The summed E-state index contributed by atoms with van der Waals surface area (Å²) in [5, 5.41) is 38.7. The molecule has 0 fully saturated rings. The molecule has 4 aromatic rings. The number of nitrogens with two attached hydrogens (primary N) is 3. The van der Waals surface area contributed by atoms with Crippen LogP contribution < -0.4 is 50.9 Å².